The van der Waals surface area contributed by atoms with E-state index in [1.165, 1.54) is 12.1 Å². The third-order valence-electron chi connectivity index (χ3n) is 2.24. The van der Waals surface area contributed by atoms with Crippen LogP contribution in [0.5, 0.6) is 0 Å². The molecule has 1 aliphatic heterocycles. The van der Waals surface area contributed by atoms with Crippen LogP contribution in [0.15, 0.2) is 23.2 Å². The van der Waals surface area contributed by atoms with Gasteiger partial charge < -0.3 is 5.32 Å². The molecule has 0 amide bonds. The van der Waals surface area contributed by atoms with Gasteiger partial charge in [-0.05, 0) is 31.5 Å². The van der Waals surface area contributed by atoms with Crippen LogP contribution in [0.3, 0.4) is 0 Å². The Morgan fingerprint density at radius 1 is 1.53 bits per heavy atom. The lowest BCUT2D eigenvalue weighted by Crippen LogP contribution is -2.06. The molecule has 80 valence electrons. The Bertz CT molecular complexity index is 404. The molecule has 1 heterocycles. The summed E-state index contributed by atoms with van der Waals surface area (Å²) in [5, 5.41) is 4.04. The molecule has 1 aromatic rings. The number of thioether (sulfide) groups is 1. The van der Waals surface area contributed by atoms with Gasteiger partial charge in [-0.25, -0.2) is 4.39 Å². The minimum atomic E-state index is -0.222. The smallest absolute Gasteiger partial charge is 0.161 e. The third kappa shape index (κ3) is 2.50. The van der Waals surface area contributed by atoms with Gasteiger partial charge in [0.25, 0.3) is 0 Å². The SMILES string of the molecule is Cc1ccc(F)cc1NC1=NC(C)CS1. The van der Waals surface area contributed by atoms with Crippen molar-refractivity contribution >= 4 is 22.6 Å². The monoisotopic (exact) mass is 224 g/mol. The van der Waals surface area contributed by atoms with E-state index < -0.39 is 0 Å². The Morgan fingerprint density at radius 2 is 2.33 bits per heavy atom. The van der Waals surface area contributed by atoms with Gasteiger partial charge in [0.15, 0.2) is 5.17 Å². The molecule has 2 nitrogen and oxygen atoms in total. The van der Waals surface area contributed by atoms with Crippen LogP contribution in [0.2, 0.25) is 0 Å². The number of halogens is 1. The molecule has 1 aliphatic rings. The van der Waals surface area contributed by atoms with Gasteiger partial charge in [-0.2, -0.15) is 0 Å². The maximum absolute atomic E-state index is 13.0. The number of anilines is 1. The predicted octanol–water partition coefficient (Wildman–Crippen LogP) is 3.04. The summed E-state index contributed by atoms with van der Waals surface area (Å²) in [6.07, 6.45) is 0. The van der Waals surface area contributed by atoms with Crippen LogP contribution in [-0.2, 0) is 0 Å². The van der Waals surface area contributed by atoms with E-state index in [-0.39, 0.29) is 5.82 Å². The highest BCUT2D eigenvalue weighted by molar-refractivity contribution is 8.14. The maximum atomic E-state index is 13.0. The number of hydrogen-bond acceptors (Lipinski definition) is 3. The van der Waals surface area contributed by atoms with Gasteiger partial charge in [0.05, 0.1) is 6.04 Å². The zero-order valence-electron chi connectivity index (χ0n) is 8.75. The quantitative estimate of drug-likeness (QED) is 0.793. The second kappa shape index (κ2) is 4.23. The standard InChI is InChI=1S/C11H13FN2S/c1-7-3-4-9(12)5-10(7)14-11-13-8(2)6-15-11/h3-5,8H,6H2,1-2H3,(H,13,14). The molecule has 1 unspecified atom stereocenters. The zero-order valence-corrected chi connectivity index (χ0v) is 9.57. The summed E-state index contributed by atoms with van der Waals surface area (Å²) in [4.78, 5) is 4.40. The first-order valence-electron chi connectivity index (χ1n) is 4.89. The van der Waals surface area contributed by atoms with Gasteiger partial charge >= 0.3 is 0 Å². The van der Waals surface area contributed by atoms with E-state index in [2.05, 4.69) is 17.2 Å². The Hall–Kier alpha value is -1.03. The van der Waals surface area contributed by atoms with Crippen molar-refractivity contribution in [2.24, 2.45) is 4.99 Å². The molecular formula is C11H13FN2S. The van der Waals surface area contributed by atoms with E-state index in [4.69, 9.17) is 0 Å². The number of hydrogen-bond donors (Lipinski definition) is 1. The van der Waals surface area contributed by atoms with E-state index in [1.807, 2.05) is 6.92 Å². The molecule has 0 saturated heterocycles. The van der Waals surface area contributed by atoms with Crippen molar-refractivity contribution < 1.29 is 4.39 Å². The largest absolute Gasteiger partial charge is 0.335 e. The summed E-state index contributed by atoms with van der Waals surface area (Å²) in [7, 11) is 0. The molecule has 4 heteroatoms. The van der Waals surface area contributed by atoms with Crippen LogP contribution in [-0.4, -0.2) is 17.0 Å². The number of amidine groups is 1. The first-order chi connectivity index (χ1) is 7.15. The first kappa shape index (κ1) is 10.5. The lowest BCUT2D eigenvalue weighted by Gasteiger charge is -2.08. The summed E-state index contributed by atoms with van der Waals surface area (Å²) >= 11 is 1.68. The fourth-order valence-electron chi connectivity index (χ4n) is 1.39. The van der Waals surface area contributed by atoms with Crippen molar-refractivity contribution in [3.63, 3.8) is 0 Å². The molecule has 0 aromatic heterocycles. The maximum Gasteiger partial charge on any atom is 0.161 e. The Kier molecular flexibility index (Phi) is 2.95. The minimum Gasteiger partial charge on any atom is -0.335 e. The van der Waals surface area contributed by atoms with Gasteiger partial charge in [0.1, 0.15) is 5.82 Å². The van der Waals surface area contributed by atoms with Crippen LogP contribution in [0, 0.1) is 12.7 Å². The number of aryl methyl sites for hydroxylation is 1. The number of nitrogens with one attached hydrogen (secondary N) is 1. The molecule has 1 N–H and O–H groups in total. The summed E-state index contributed by atoms with van der Waals surface area (Å²) in [5.74, 6) is 0.774. The lowest BCUT2D eigenvalue weighted by atomic mass is 10.2. The highest BCUT2D eigenvalue weighted by Gasteiger charge is 2.14. The summed E-state index contributed by atoms with van der Waals surface area (Å²) < 4.78 is 13.0. The van der Waals surface area contributed by atoms with Crippen LogP contribution in [0.1, 0.15) is 12.5 Å². The van der Waals surface area contributed by atoms with Crippen LogP contribution in [0.25, 0.3) is 0 Å². The lowest BCUT2D eigenvalue weighted by molar-refractivity contribution is 0.628. The Labute approximate surface area is 93.0 Å². The fraction of sp³-hybridized carbons (Fsp3) is 0.364. The molecule has 0 radical (unpaired) electrons. The molecule has 0 fully saturated rings. The molecular weight excluding hydrogens is 211 g/mol. The van der Waals surface area contributed by atoms with Gasteiger partial charge in [0.2, 0.25) is 0 Å². The van der Waals surface area contributed by atoms with E-state index in [9.17, 15) is 4.39 Å². The van der Waals surface area contributed by atoms with Crippen LogP contribution in [0.4, 0.5) is 10.1 Å². The van der Waals surface area contributed by atoms with Gasteiger partial charge in [0, 0.05) is 11.4 Å². The fourth-order valence-corrected chi connectivity index (χ4v) is 2.30. The molecule has 15 heavy (non-hydrogen) atoms. The topological polar surface area (TPSA) is 24.4 Å². The highest BCUT2D eigenvalue weighted by atomic mass is 32.2. The van der Waals surface area contributed by atoms with Crippen molar-refractivity contribution in [1.82, 2.24) is 0 Å². The van der Waals surface area contributed by atoms with E-state index >= 15 is 0 Å². The summed E-state index contributed by atoms with van der Waals surface area (Å²) in [6.45, 7) is 4.02. The average Bonchev–Trinajstić information content (AvgIpc) is 2.58. The van der Waals surface area contributed by atoms with E-state index in [0.717, 1.165) is 22.2 Å². The van der Waals surface area contributed by atoms with Gasteiger partial charge in [-0.3, -0.25) is 4.99 Å². The van der Waals surface area contributed by atoms with Crippen LogP contribution >= 0.6 is 11.8 Å². The number of nitrogens with zero attached hydrogens (tertiary/aromatic N) is 1. The van der Waals surface area contributed by atoms with Crippen molar-refractivity contribution in [1.29, 1.82) is 0 Å². The minimum absolute atomic E-state index is 0.222. The molecule has 0 bridgehead atoms. The van der Waals surface area contributed by atoms with Crippen LogP contribution < -0.4 is 5.32 Å². The highest BCUT2D eigenvalue weighted by Crippen LogP contribution is 2.22. The first-order valence-corrected chi connectivity index (χ1v) is 5.87. The molecule has 1 atom stereocenters. The number of benzene rings is 1. The van der Waals surface area contributed by atoms with Gasteiger partial charge in [-0.15, -0.1) is 0 Å². The van der Waals surface area contributed by atoms with Crippen molar-refractivity contribution in [3.05, 3.63) is 29.6 Å². The second-order valence-corrected chi connectivity index (χ2v) is 4.69. The van der Waals surface area contributed by atoms with Crippen molar-refractivity contribution in [2.75, 3.05) is 11.1 Å². The number of rotatable bonds is 1. The summed E-state index contributed by atoms with van der Waals surface area (Å²) in [6, 6.07) is 5.08. The molecule has 1 aromatic carbocycles. The third-order valence-corrected chi connectivity index (χ3v) is 3.37. The molecule has 0 saturated carbocycles. The predicted molar refractivity (Wildman–Crippen MR) is 64.1 cm³/mol. The van der Waals surface area contributed by atoms with Crippen molar-refractivity contribution in [2.45, 2.75) is 19.9 Å². The molecule has 2 rings (SSSR count). The van der Waals surface area contributed by atoms with E-state index in [1.54, 1.807) is 17.8 Å². The zero-order chi connectivity index (χ0) is 10.8. The number of aliphatic imine (C=N–C) groups is 1. The second-order valence-electron chi connectivity index (χ2n) is 3.68. The normalized spacial score (nSPS) is 20.2. The van der Waals surface area contributed by atoms with E-state index in [0.29, 0.717) is 6.04 Å². The van der Waals surface area contributed by atoms with Crippen molar-refractivity contribution in [3.8, 4) is 0 Å². The Balaban J connectivity index is 2.17. The Morgan fingerprint density at radius 3 is 3.00 bits per heavy atom. The van der Waals surface area contributed by atoms with Gasteiger partial charge in [-0.1, -0.05) is 17.8 Å². The average molecular weight is 224 g/mol. The molecule has 0 spiro atoms. The molecule has 0 aliphatic carbocycles. The summed E-state index contributed by atoms with van der Waals surface area (Å²) in [5.41, 5.74) is 1.83.